The highest BCUT2D eigenvalue weighted by Crippen LogP contribution is 2.34. The van der Waals surface area contributed by atoms with Crippen molar-refractivity contribution in [2.75, 3.05) is 5.73 Å². The maximum absolute atomic E-state index is 13.2. The average molecular weight is 421 g/mol. The molecule has 0 aliphatic heterocycles. The fourth-order valence-corrected chi connectivity index (χ4v) is 2.74. The highest BCUT2D eigenvalue weighted by Gasteiger charge is 2.35. The van der Waals surface area contributed by atoms with Crippen LogP contribution in [0.3, 0.4) is 0 Å². The predicted octanol–water partition coefficient (Wildman–Crippen LogP) is 4.51. The summed E-state index contributed by atoms with van der Waals surface area (Å²) in [5, 5.41) is 3.79. The van der Waals surface area contributed by atoms with Gasteiger partial charge in [-0.25, -0.2) is 4.68 Å². The van der Waals surface area contributed by atoms with E-state index in [9.17, 15) is 13.2 Å². The third-order valence-corrected chi connectivity index (χ3v) is 4.15. The van der Waals surface area contributed by atoms with E-state index in [1.54, 1.807) is 36.4 Å². The van der Waals surface area contributed by atoms with Crippen LogP contribution in [0, 0.1) is 6.92 Å². The Bertz CT molecular complexity index is 1040. The molecule has 0 bridgehead atoms. The number of hydrogen-bond donors (Lipinski definition) is 1. The van der Waals surface area contributed by atoms with Gasteiger partial charge in [0.05, 0.1) is 11.4 Å². The molecule has 1 heterocycles. The van der Waals surface area contributed by atoms with E-state index in [4.69, 9.17) is 14.2 Å². The first-order valence-electron chi connectivity index (χ1n) is 8.37. The van der Waals surface area contributed by atoms with Crippen molar-refractivity contribution in [1.82, 2.24) is 9.78 Å². The van der Waals surface area contributed by atoms with Crippen LogP contribution in [-0.4, -0.2) is 18.2 Å². The Hall–Kier alpha value is -3.20. The molecule has 5 nitrogen and oxygen atoms in total. The molecule has 9 heteroatoms. The van der Waals surface area contributed by atoms with Gasteiger partial charge < -0.3 is 5.73 Å². The summed E-state index contributed by atoms with van der Waals surface area (Å²) < 4.78 is 57.6. The molecule has 0 amide bonds. The third kappa shape index (κ3) is 5.41. The molecule has 0 spiro atoms. The molecule has 1 aromatic heterocycles. The molecular formula is C20H18F3N3O2S. The van der Waals surface area contributed by atoms with Gasteiger partial charge in [0.25, 0.3) is 0 Å². The highest BCUT2D eigenvalue weighted by molar-refractivity contribution is 7.51. The first-order valence-corrected chi connectivity index (χ1v) is 9.03. The number of anilines is 1. The molecule has 0 aliphatic carbocycles. The van der Waals surface area contributed by atoms with E-state index in [0.29, 0.717) is 29.1 Å². The summed E-state index contributed by atoms with van der Waals surface area (Å²) in [7, 11) is 0. The minimum Gasteiger partial charge on any atom is -0.399 e. The van der Waals surface area contributed by atoms with Gasteiger partial charge in [-0.2, -0.15) is 26.7 Å². The van der Waals surface area contributed by atoms with Crippen LogP contribution in [0.2, 0.25) is 0 Å². The van der Waals surface area contributed by atoms with E-state index < -0.39 is 23.4 Å². The van der Waals surface area contributed by atoms with Crippen molar-refractivity contribution in [2.45, 2.75) is 19.5 Å². The Balaban J connectivity index is 0.000000941. The Morgan fingerprint density at radius 2 is 1.76 bits per heavy atom. The summed E-state index contributed by atoms with van der Waals surface area (Å²) in [6.07, 6.45) is -2.12. The second kappa shape index (κ2) is 9.33. The zero-order chi connectivity index (χ0) is 21.6. The largest absolute Gasteiger partial charge is 0.435 e. The fourth-order valence-electron chi connectivity index (χ4n) is 2.74. The zero-order valence-electron chi connectivity index (χ0n) is 15.4. The number of rotatable bonds is 4. The lowest BCUT2D eigenvalue weighted by Crippen LogP contribution is -2.07. The second-order valence-electron chi connectivity index (χ2n) is 6.12. The van der Waals surface area contributed by atoms with Gasteiger partial charge in [-0.1, -0.05) is 18.2 Å². The lowest BCUT2D eigenvalue weighted by Gasteiger charge is -2.10. The fraction of sp³-hybridized carbons (Fsp3) is 0.150. The van der Waals surface area contributed by atoms with E-state index in [0.717, 1.165) is 17.2 Å². The van der Waals surface area contributed by atoms with Gasteiger partial charge in [-0.3, -0.25) is 0 Å². The maximum atomic E-state index is 13.2. The van der Waals surface area contributed by atoms with Crippen LogP contribution in [0.25, 0.3) is 16.9 Å². The first kappa shape index (κ1) is 22.1. The van der Waals surface area contributed by atoms with Gasteiger partial charge in [0, 0.05) is 11.3 Å². The summed E-state index contributed by atoms with van der Waals surface area (Å²) >= 11 is -0.750. The summed E-state index contributed by atoms with van der Waals surface area (Å²) in [5.74, 6) is 0. The van der Waals surface area contributed by atoms with E-state index in [1.807, 2.05) is 19.1 Å². The van der Waals surface area contributed by atoms with Gasteiger partial charge in [0.2, 0.25) is 0 Å². The molecule has 29 heavy (non-hydrogen) atoms. The molecule has 0 saturated heterocycles. The van der Waals surface area contributed by atoms with Crippen molar-refractivity contribution in [3.8, 4) is 16.9 Å². The van der Waals surface area contributed by atoms with Crippen LogP contribution in [0.15, 0.2) is 61.2 Å². The van der Waals surface area contributed by atoms with Gasteiger partial charge in [-0.05, 0) is 60.9 Å². The van der Waals surface area contributed by atoms with Crippen molar-refractivity contribution < 1.29 is 21.6 Å². The topological polar surface area (TPSA) is 78.0 Å². The Kier molecular flexibility index (Phi) is 7.11. The summed E-state index contributed by atoms with van der Waals surface area (Å²) in [6, 6.07) is 13.2. The molecular weight excluding hydrogens is 403 g/mol. The van der Waals surface area contributed by atoms with Gasteiger partial charge >= 0.3 is 17.7 Å². The standard InChI is InChI=1S/C20H18F3N3.O2S/c1-3-4-14-11-15(6-5-13(14)2)18-12-19(20(21,22)23)25-26(18)17-9-7-16(24)8-10-17;1-3-2/h3,5-12H,1,4,24H2,2H3;. The molecule has 152 valence electrons. The normalized spacial score (nSPS) is 10.8. The second-order valence-corrected chi connectivity index (χ2v) is 6.25. The minimum atomic E-state index is -4.53. The quantitative estimate of drug-likeness (QED) is 0.497. The molecule has 0 atom stereocenters. The third-order valence-electron chi connectivity index (χ3n) is 4.15. The van der Waals surface area contributed by atoms with E-state index >= 15 is 0 Å². The lowest BCUT2D eigenvalue weighted by molar-refractivity contribution is -0.141. The molecule has 0 unspecified atom stereocenters. The van der Waals surface area contributed by atoms with E-state index in [2.05, 4.69) is 11.7 Å². The summed E-state index contributed by atoms with van der Waals surface area (Å²) in [5.41, 5.74) is 8.88. The molecule has 2 aromatic carbocycles. The molecule has 3 aromatic rings. The zero-order valence-corrected chi connectivity index (χ0v) is 16.3. The Morgan fingerprint density at radius 3 is 2.31 bits per heavy atom. The predicted molar refractivity (Wildman–Crippen MR) is 106 cm³/mol. The first-order chi connectivity index (χ1) is 13.7. The number of hydrogen-bond acceptors (Lipinski definition) is 4. The van der Waals surface area contributed by atoms with E-state index in [1.165, 1.54) is 4.68 Å². The number of benzene rings is 2. The number of nitrogen functional groups attached to an aromatic ring is 1. The SMILES string of the molecule is C=CCc1cc(-c2cc(C(F)(F)F)nn2-c2ccc(N)cc2)ccc1C.O=S=O. The number of allylic oxidation sites excluding steroid dienone is 1. The molecule has 3 rings (SSSR count). The van der Waals surface area contributed by atoms with Crippen LogP contribution >= 0.6 is 0 Å². The lowest BCUT2D eigenvalue weighted by atomic mass is 10.0. The monoisotopic (exact) mass is 421 g/mol. The van der Waals surface area contributed by atoms with Crippen molar-refractivity contribution in [2.24, 2.45) is 0 Å². The average Bonchev–Trinajstić information content (AvgIpc) is 3.11. The number of halogens is 3. The number of aryl methyl sites for hydroxylation is 1. The number of nitrogens with two attached hydrogens (primary N) is 1. The Labute approximate surface area is 169 Å². The summed E-state index contributed by atoms with van der Waals surface area (Å²) in [6.45, 7) is 5.69. The number of aromatic nitrogens is 2. The van der Waals surface area contributed by atoms with E-state index in [-0.39, 0.29) is 0 Å². The minimum absolute atomic E-state index is 0.368. The highest BCUT2D eigenvalue weighted by atomic mass is 32.1. The number of nitrogens with zero attached hydrogens (tertiary/aromatic N) is 2. The molecule has 0 radical (unpaired) electrons. The number of alkyl halides is 3. The van der Waals surface area contributed by atoms with Gasteiger partial charge in [-0.15, -0.1) is 6.58 Å². The molecule has 2 N–H and O–H groups in total. The van der Waals surface area contributed by atoms with Crippen LogP contribution in [-0.2, 0) is 24.2 Å². The molecule has 0 saturated carbocycles. The molecule has 0 aliphatic rings. The van der Waals surface area contributed by atoms with Crippen molar-refractivity contribution in [3.63, 3.8) is 0 Å². The maximum Gasteiger partial charge on any atom is 0.435 e. The van der Waals surface area contributed by atoms with Crippen LogP contribution in [0.1, 0.15) is 16.8 Å². The van der Waals surface area contributed by atoms with Gasteiger partial charge in [0.1, 0.15) is 0 Å². The van der Waals surface area contributed by atoms with Gasteiger partial charge in [0.15, 0.2) is 5.69 Å². The van der Waals surface area contributed by atoms with Crippen molar-refractivity contribution in [3.05, 3.63) is 78.0 Å². The smallest absolute Gasteiger partial charge is 0.399 e. The van der Waals surface area contributed by atoms with Crippen LogP contribution in [0.4, 0.5) is 18.9 Å². The summed E-state index contributed by atoms with van der Waals surface area (Å²) in [4.78, 5) is 0. The van der Waals surface area contributed by atoms with Crippen molar-refractivity contribution in [1.29, 1.82) is 0 Å². The molecule has 0 fully saturated rings. The Morgan fingerprint density at radius 1 is 1.14 bits per heavy atom. The van der Waals surface area contributed by atoms with Crippen LogP contribution in [0.5, 0.6) is 0 Å². The van der Waals surface area contributed by atoms with Crippen LogP contribution < -0.4 is 5.73 Å². The van der Waals surface area contributed by atoms with Crippen molar-refractivity contribution >= 4 is 17.3 Å².